The van der Waals surface area contributed by atoms with Crippen molar-refractivity contribution in [1.82, 2.24) is 15.3 Å². The Labute approximate surface area is 113 Å². The van der Waals surface area contributed by atoms with Crippen molar-refractivity contribution in [3.8, 4) is 17.0 Å². The molecule has 1 heterocycles. The van der Waals surface area contributed by atoms with E-state index in [4.69, 9.17) is 4.74 Å². The van der Waals surface area contributed by atoms with Crippen LogP contribution in [-0.2, 0) is 6.54 Å². The molecule has 1 N–H and O–H groups in total. The highest BCUT2D eigenvalue weighted by Crippen LogP contribution is 2.24. The van der Waals surface area contributed by atoms with E-state index >= 15 is 0 Å². The third-order valence-electron chi connectivity index (χ3n) is 2.93. The fraction of sp³-hybridized carbons (Fsp3) is 0.333. The molecule has 0 aliphatic heterocycles. The minimum Gasteiger partial charge on any atom is -0.496 e. The molecule has 0 atom stereocenters. The summed E-state index contributed by atoms with van der Waals surface area (Å²) in [6.45, 7) is 5.70. The Bertz CT molecular complexity index is 555. The maximum absolute atomic E-state index is 5.27. The Morgan fingerprint density at radius 3 is 2.79 bits per heavy atom. The fourth-order valence-corrected chi connectivity index (χ4v) is 1.92. The lowest BCUT2D eigenvalue weighted by molar-refractivity contribution is 0.412. The van der Waals surface area contributed by atoms with E-state index in [1.54, 1.807) is 13.3 Å². The Hall–Kier alpha value is -1.94. The molecule has 4 heteroatoms. The van der Waals surface area contributed by atoms with Crippen molar-refractivity contribution in [2.75, 3.05) is 13.7 Å². The number of nitrogens with zero attached hydrogens (tertiary/aromatic N) is 2. The zero-order chi connectivity index (χ0) is 13.7. The van der Waals surface area contributed by atoms with Crippen LogP contribution in [0, 0.1) is 6.92 Å². The van der Waals surface area contributed by atoms with Crippen molar-refractivity contribution < 1.29 is 4.74 Å². The average molecular weight is 257 g/mol. The van der Waals surface area contributed by atoms with Gasteiger partial charge in [0.1, 0.15) is 11.6 Å². The molecule has 0 saturated heterocycles. The van der Waals surface area contributed by atoms with E-state index < -0.39 is 0 Å². The summed E-state index contributed by atoms with van der Waals surface area (Å²) in [4.78, 5) is 8.82. The summed E-state index contributed by atoms with van der Waals surface area (Å²) in [7, 11) is 1.68. The van der Waals surface area contributed by atoms with Crippen molar-refractivity contribution in [1.29, 1.82) is 0 Å². The van der Waals surface area contributed by atoms with Crippen molar-refractivity contribution in [3.63, 3.8) is 0 Å². The normalized spacial score (nSPS) is 10.5. The first-order valence-corrected chi connectivity index (χ1v) is 6.42. The molecule has 19 heavy (non-hydrogen) atoms. The summed E-state index contributed by atoms with van der Waals surface area (Å²) < 4.78 is 5.27. The summed E-state index contributed by atoms with van der Waals surface area (Å²) in [5, 5.41) is 3.23. The zero-order valence-electron chi connectivity index (χ0n) is 11.6. The summed E-state index contributed by atoms with van der Waals surface area (Å²) in [5.41, 5.74) is 3.12. The number of aromatic nitrogens is 2. The molecule has 0 amide bonds. The van der Waals surface area contributed by atoms with Crippen LogP contribution in [0.5, 0.6) is 5.75 Å². The van der Waals surface area contributed by atoms with Crippen molar-refractivity contribution >= 4 is 0 Å². The van der Waals surface area contributed by atoms with Gasteiger partial charge in [0.05, 0.1) is 19.3 Å². The molecule has 0 bridgehead atoms. The molecule has 0 unspecified atom stereocenters. The highest BCUT2D eigenvalue weighted by Gasteiger charge is 2.05. The lowest BCUT2D eigenvalue weighted by Gasteiger charge is -2.08. The minimum absolute atomic E-state index is 0.694. The van der Waals surface area contributed by atoms with Crippen LogP contribution < -0.4 is 10.1 Å². The quantitative estimate of drug-likeness (QED) is 0.894. The number of ether oxygens (including phenoxy) is 1. The van der Waals surface area contributed by atoms with Crippen LogP contribution in [0.2, 0.25) is 0 Å². The smallest absolute Gasteiger partial charge is 0.142 e. The number of hydrogen-bond donors (Lipinski definition) is 1. The van der Waals surface area contributed by atoms with Crippen LogP contribution in [0.1, 0.15) is 18.3 Å². The van der Waals surface area contributed by atoms with E-state index in [1.165, 1.54) is 0 Å². The molecule has 0 fully saturated rings. The number of rotatable bonds is 5. The second kappa shape index (κ2) is 6.29. The Kier molecular flexibility index (Phi) is 4.47. The van der Waals surface area contributed by atoms with Crippen molar-refractivity contribution in [3.05, 3.63) is 41.9 Å². The van der Waals surface area contributed by atoms with Gasteiger partial charge in [0.2, 0.25) is 0 Å². The maximum Gasteiger partial charge on any atom is 0.142 e. The van der Waals surface area contributed by atoms with E-state index in [9.17, 15) is 0 Å². The van der Waals surface area contributed by atoms with Gasteiger partial charge in [-0.3, -0.25) is 0 Å². The highest BCUT2D eigenvalue weighted by molar-refractivity contribution is 5.61. The van der Waals surface area contributed by atoms with Gasteiger partial charge in [0.15, 0.2) is 0 Å². The van der Waals surface area contributed by atoms with Gasteiger partial charge in [-0.15, -0.1) is 0 Å². The molecular formula is C15H19N3O. The Balaban J connectivity index is 2.28. The second-order valence-corrected chi connectivity index (χ2v) is 4.32. The Morgan fingerprint density at radius 2 is 2.11 bits per heavy atom. The van der Waals surface area contributed by atoms with Gasteiger partial charge in [-0.2, -0.15) is 0 Å². The van der Waals surface area contributed by atoms with Gasteiger partial charge < -0.3 is 10.1 Å². The van der Waals surface area contributed by atoms with Crippen LogP contribution in [-0.4, -0.2) is 23.6 Å². The number of aryl methyl sites for hydroxylation is 1. The number of benzene rings is 1. The summed E-state index contributed by atoms with van der Waals surface area (Å²) >= 11 is 0. The molecule has 1 aromatic heterocycles. The van der Waals surface area contributed by atoms with Crippen LogP contribution in [0.3, 0.4) is 0 Å². The topological polar surface area (TPSA) is 47.0 Å². The first kappa shape index (κ1) is 13.5. The first-order chi connectivity index (χ1) is 9.24. The molecule has 0 saturated carbocycles. The highest BCUT2D eigenvalue weighted by atomic mass is 16.5. The SMILES string of the molecule is CCNCc1nccc(-c2ccc(OC)c(C)c2)n1. The zero-order valence-corrected chi connectivity index (χ0v) is 11.6. The molecule has 0 aliphatic rings. The van der Waals surface area contributed by atoms with Crippen LogP contribution in [0.15, 0.2) is 30.5 Å². The third kappa shape index (κ3) is 3.29. The second-order valence-electron chi connectivity index (χ2n) is 4.32. The lowest BCUT2D eigenvalue weighted by Crippen LogP contribution is -2.14. The van der Waals surface area contributed by atoms with Crippen LogP contribution >= 0.6 is 0 Å². The van der Waals surface area contributed by atoms with Gasteiger partial charge in [0, 0.05) is 11.8 Å². The maximum atomic E-state index is 5.27. The number of hydrogen-bond acceptors (Lipinski definition) is 4. The van der Waals surface area contributed by atoms with E-state index in [-0.39, 0.29) is 0 Å². The lowest BCUT2D eigenvalue weighted by atomic mass is 10.1. The number of nitrogens with one attached hydrogen (secondary N) is 1. The van der Waals surface area contributed by atoms with Gasteiger partial charge >= 0.3 is 0 Å². The standard InChI is InChI=1S/C15H19N3O/c1-4-16-10-15-17-8-7-13(18-15)12-5-6-14(19-3)11(2)9-12/h5-9,16H,4,10H2,1-3H3. The predicted octanol–water partition coefficient (Wildman–Crippen LogP) is 2.57. The largest absolute Gasteiger partial charge is 0.496 e. The van der Waals surface area contributed by atoms with Crippen LogP contribution in [0.25, 0.3) is 11.3 Å². The van der Waals surface area contributed by atoms with Gasteiger partial charge in [0.25, 0.3) is 0 Å². The van der Waals surface area contributed by atoms with Gasteiger partial charge in [-0.05, 0) is 43.3 Å². The summed E-state index contributed by atoms with van der Waals surface area (Å²) in [6, 6.07) is 8.00. The van der Waals surface area contributed by atoms with E-state index in [2.05, 4.69) is 28.3 Å². The van der Waals surface area contributed by atoms with Crippen molar-refractivity contribution in [2.24, 2.45) is 0 Å². The molecule has 0 radical (unpaired) electrons. The summed E-state index contributed by atoms with van der Waals surface area (Å²) in [6.07, 6.45) is 1.80. The molecule has 4 nitrogen and oxygen atoms in total. The molecule has 2 rings (SSSR count). The molecule has 100 valence electrons. The van der Waals surface area contributed by atoms with Crippen molar-refractivity contribution in [2.45, 2.75) is 20.4 Å². The average Bonchev–Trinajstić information content (AvgIpc) is 2.45. The molecule has 0 spiro atoms. The van der Waals surface area contributed by atoms with Gasteiger partial charge in [-0.1, -0.05) is 6.92 Å². The monoisotopic (exact) mass is 257 g/mol. The molecular weight excluding hydrogens is 238 g/mol. The van der Waals surface area contributed by atoms with Gasteiger partial charge in [-0.25, -0.2) is 9.97 Å². The molecule has 2 aromatic rings. The predicted molar refractivity (Wildman–Crippen MR) is 76.1 cm³/mol. The number of methoxy groups -OCH3 is 1. The fourth-order valence-electron chi connectivity index (χ4n) is 1.92. The van der Waals surface area contributed by atoms with E-state index in [1.807, 2.05) is 25.1 Å². The summed E-state index contributed by atoms with van der Waals surface area (Å²) in [5.74, 6) is 1.71. The molecule has 0 aliphatic carbocycles. The van der Waals surface area contributed by atoms with Crippen LogP contribution in [0.4, 0.5) is 0 Å². The Morgan fingerprint density at radius 1 is 1.26 bits per heavy atom. The molecule has 1 aromatic carbocycles. The first-order valence-electron chi connectivity index (χ1n) is 6.42. The third-order valence-corrected chi connectivity index (χ3v) is 2.93. The minimum atomic E-state index is 0.694. The van der Waals surface area contributed by atoms with E-state index in [0.717, 1.165) is 34.9 Å². The van der Waals surface area contributed by atoms with E-state index in [0.29, 0.717) is 6.54 Å².